The Morgan fingerprint density at radius 3 is 2.18 bits per heavy atom. The van der Waals surface area contributed by atoms with Crippen LogP contribution < -0.4 is 10.6 Å². The summed E-state index contributed by atoms with van der Waals surface area (Å²) in [4.78, 5) is 36.0. The number of alkyl carbamates (subject to hydrolysis) is 1. The summed E-state index contributed by atoms with van der Waals surface area (Å²) in [6.45, 7) is 2.10. The topological polar surface area (TPSA) is 114 Å². The third kappa shape index (κ3) is 6.10. The highest BCUT2D eigenvalue weighted by atomic mass is 16.5. The molecule has 0 saturated heterocycles. The highest BCUT2D eigenvalue weighted by Crippen LogP contribution is 2.44. The Bertz CT molecular complexity index is 947. The Morgan fingerprint density at radius 1 is 1.03 bits per heavy atom. The molecule has 0 radical (unpaired) electrons. The van der Waals surface area contributed by atoms with Gasteiger partial charge in [-0.1, -0.05) is 61.9 Å². The average Bonchev–Trinajstić information content (AvgIpc) is 3.13. The summed E-state index contributed by atoms with van der Waals surface area (Å²) in [5, 5.41) is 14.2. The summed E-state index contributed by atoms with van der Waals surface area (Å²) in [7, 11) is 1.39. The van der Waals surface area contributed by atoms with E-state index >= 15 is 0 Å². The monoisotopic (exact) mass is 454 g/mol. The summed E-state index contributed by atoms with van der Waals surface area (Å²) in [6.07, 6.45) is -0.450. The number of nitrogens with one attached hydrogen (secondary N) is 2. The minimum absolute atomic E-state index is 0.0359. The van der Waals surface area contributed by atoms with Crippen LogP contribution in [0.15, 0.2) is 48.5 Å². The van der Waals surface area contributed by atoms with Gasteiger partial charge >= 0.3 is 12.1 Å². The SMILES string of the molecule is CCCC(NC(=O)OCC1c2ccccc2-c2ccccc21)C(=O)NCC(CC(=O)O)OC. The maximum Gasteiger partial charge on any atom is 0.407 e. The number of hydrogen-bond acceptors (Lipinski definition) is 5. The smallest absolute Gasteiger partial charge is 0.407 e. The summed E-state index contributed by atoms with van der Waals surface area (Å²) < 4.78 is 10.6. The Hall–Kier alpha value is -3.39. The lowest BCUT2D eigenvalue weighted by molar-refractivity contribution is -0.140. The Balaban J connectivity index is 1.58. The van der Waals surface area contributed by atoms with Crippen LogP contribution in [0.25, 0.3) is 11.1 Å². The number of carboxylic acid groups (broad SMARTS) is 1. The number of rotatable bonds is 11. The van der Waals surface area contributed by atoms with E-state index in [4.69, 9.17) is 14.6 Å². The summed E-state index contributed by atoms with van der Waals surface area (Å²) in [6, 6.07) is 15.3. The van der Waals surface area contributed by atoms with E-state index in [9.17, 15) is 14.4 Å². The lowest BCUT2D eigenvalue weighted by atomic mass is 9.98. The van der Waals surface area contributed by atoms with Crippen LogP contribution in [0.3, 0.4) is 0 Å². The van der Waals surface area contributed by atoms with Gasteiger partial charge in [-0.3, -0.25) is 9.59 Å². The highest BCUT2D eigenvalue weighted by Gasteiger charge is 2.29. The third-order valence-corrected chi connectivity index (χ3v) is 5.77. The molecule has 2 aromatic carbocycles. The molecule has 2 unspecified atom stereocenters. The van der Waals surface area contributed by atoms with Gasteiger partial charge in [0.2, 0.25) is 5.91 Å². The fourth-order valence-corrected chi connectivity index (χ4v) is 4.11. The molecule has 2 amide bonds. The van der Waals surface area contributed by atoms with E-state index < -0.39 is 30.1 Å². The van der Waals surface area contributed by atoms with Crippen molar-refractivity contribution in [3.8, 4) is 11.1 Å². The first kappa shape index (κ1) is 24.3. The van der Waals surface area contributed by atoms with E-state index in [0.29, 0.717) is 12.8 Å². The summed E-state index contributed by atoms with van der Waals surface area (Å²) in [5.74, 6) is -1.49. The van der Waals surface area contributed by atoms with Crippen molar-refractivity contribution in [1.29, 1.82) is 0 Å². The van der Waals surface area contributed by atoms with Crippen LogP contribution in [0.4, 0.5) is 4.79 Å². The number of carboxylic acids is 1. The van der Waals surface area contributed by atoms with Gasteiger partial charge in [-0.2, -0.15) is 0 Å². The maximum atomic E-state index is 12.6. The van der Waals surface area contributed by atoms with Crippen LogP contribution in [0.1, 0.15) is 43.2 Å². The van der Waals surface area contributed by atoms with Crippen LogP contribution in [-0.2, 0) is 19.1 Å². The molecule has 0 bridgehead atoms. The molecule has 2 atom stereocenters. The van der Waals surface area contributed by atoms with Gasteiger partial charge < -0.3 is 25.2 Å². The zero-order chi connectivity index (χ0) is 23.8. The molecule has 0 fully saturated rings. The Morgan fingerprint density at radius 2 is 1.64 bits per heavy atom. The van der Waals surface area contributed by atoms with Crippen molar-refractivity contribution in [2.24, 2.45) is 0 Å². The molecular formula is C25H30N2O6. The molecule has 0 aromatic heterocycles. The van der Waals surface area contributed by atoms with Crippen LogP contribution in [0.2, 0.25) is 0 Å². The fraction of sp³-hybridized carbons (Fsp3) is 0.400. The standard InChI is InChI=1S/C25H30N2O6/c1-3-8-22(24(30)26-14-16(32-2)13-23(28)29)27-25(31)33-15-21-19-11-6-4-9-17(19)18-10-5-7-12-20(18)21/h4-7,9-12,16,21-22H,3,8,13-15H2,1-2H3,(H,26,30)(H,27,31)(H,28,29). The highest BCUT2D eigenvalue weighted by molar-refractivity contribution is 5.85. The van der Waals surface area contributed by atoms with Gasteiger partial charge in [0.25, 0.3) is 0 Å². The van der Waals surface area contributed by atoms with Gasteiger partial charge in [-0.25, -0.2) is 4.79 Å². The predicted octanol–water partition coefficient (Wildman–Crippen LogP) is 3.30. The van der Waals surface area contributed by atoms with Gasteiger partial charge in [-0.15, -0.1) is 0 Å². The normalized spacial score (nSPS) is 14.0. The van der Waals surface area contributed by atoms with E-state index in [1.807, 2.05) is 43.3 Å². The molecule has 3 N–H and O–H groups in total. The number of benzene rings is 2. The van der Waals surface area contributed by atoms with Crippen LogP contribution in [0.5, 0.6) is 0 Å². The largest absolute Gasteiger partial charge is 0.481 e. The predicted molar refractivity (Wildman–Crippen MR) is 123 cm³/mol. The Labute approximate surface area is 193 Å². The van der Waals surface area contributed by atoms with Gasteiger partial charge in [-0.05, 0) is 28.7 Å². The van der Waals surface area contributed by atoms with Crippen molar-refractivity contribution in [2.45, 2.75) is 44.2 Å². The van der Waals surface area contributed by atoms with E-state index in [1.165, 1.54) is 7.11 Å². The van der Waals surface area contributed by atoms with Crippen LogP contribution in [-0.4, -0.2) is 55.5 Å². The lowest BCUT2D eigenvalue weighted by Gasteiger charge is -2.21. The van der Waals surface area contributed by atoms with Crippen molar-refractivity contribution in [1.82, 2.24) is 10.6 Å². The molecule has 8 heteroatoms. The van der Waals surface area contributed by atoms with Crippen molar-refractivity contribution in [3.05, 3.63) is 59.7 Å². The number of methoxy groups -OCH3 is 1. The molecule has 176 valence electrons. The zero-order valence-corrected chi connectivity index (χ0v) is 18.9. The quantitative estimate of drug-likeness (QED) is 0.480. The molecule has 0 aliphatic heterocycles. The Kier molecular flexibility index (Phi) is 8.43. The van der Waals surface area contributed by atoms with Crippen LogP contribution in [0, 0.1) is 0 Å². The first-order valence-corrected chi connectivity index (χ1v) is 11.1. The van der Waals surface area contributed by atoms with Gasteiger partial charge in [0.15, 0.2) is 0 Å². The zero-order valence-electron chi connectivity index (χ0n) is 18.9. The molecule has 0 heterocycles. The molecule has 33 heavy (non-hydrogen) atoms. The second-order valence-corrected chi connectivity index (χ2v) is 8.01. The lowest BCUT2D eigenvalue weighted by Crippen LogP contribution is -2.48. The summed E-state index contributed by atoms with van der Waals surface area (Å²) >= 11 is 0. The van der Waals surface area contributed by atoms with Crippen molar-refractivity contribution in [3.63, 3.8) is 0 Å². The first-order valence-electron chi connectivity index (χ1n) is 11.1. The van der Waals surface area contributed by atoms with Crippen molar-refractivity contribution >= 4 is 18.0 Å². The van der Waals surface area contributed by atoms with Gasteiger partial charge in [0.1, 0.15) is 12.6 Å². The summed E-state index contributed by atoms with van der Waals surface area (Å²) in [5.41, 5.74) is 4.50. The number of fused-ring (bicyclic) bond motifs is 3. The number of carbonyl (C=O) groups is 3. The molecule has 1 aliphatic rings. The molecule has 3 rings (SSSR count). The molecule has 8 nitrogen and oxygen atoms in total. The number of hydrogen-bond donors (Lipinski definition) is 3. The number of amides is 2. The van der Waals surface area contributed by atoms with E-state index in [2.05, 4.69) is 22.8 Å². The molecular weight excluding hydrogens is 424 g/mol. The second-order valence-electron chi connectivity index (χ2n) is 8.01. The number of ether oxygens (including phenoxy) is 2. The van der Waals surface area contributed by atoms with Crippen molar-refractivity contribution < 1.29 is 29.0 Å². The minimum atomic E-state index is -1.02. The fourth-order valence-electron chi connectivity index (χ4n) is 4.11. The average molecular weight is 455 g/mol. The number of carbonyl (C=O) groups excluding carboxylic acids is 2. The van der Waals surface area contributed by atoms with Gasteiger partial charge in [0.05, 0.1) is 12.5 Å². The molecule has 2 aromatic rings. The third-order valence-electron chi connectivity index (χ3n) is 5.77. The first-order chi connectivity index (χ1) is 15.9. The van der Waals surface area contributed by atoms with E-state index in [0.717, 1.165) is 22.3 Å². The van der Waals surface area contributed by atoms with Crippen molar-refractivity contribution in [2.75, 3.05) is 20.3 Å². The maximum absolute atomic E-state index is 12.6. The van der Waals surface area contributed by atoms with E-state index in [1.54, 1.807) is 0 Å². The molecule has 0 saturated carbocycles. The molecule has 0 spiro atoms. The second kappa shape index (κ2) is 11.5. The number of aliphatic carboxylic acids is 1. The van der Waals surface area contributed by atoms with Gasteiger partial charge in [0, 0.05) is 19.6 Å². The minimum Gasteiger partial charge on any atom is -0.481 e. The van der Waals surface area contributed by atoms with E-state index in [-0.39, 0.29) is 25.5 Å². The van der Waals surface area contributed by atoms with Crippen LogP contribution >= 0.6 is 0 Å². The molecule has 1 aliphatic carbocycles.